The fourth-order valence-electron chi connectivity index (χ4n) is 5.04. The number of aryl methyl sites for hydroxylation is 1. The van der Waals surface area contributed by atoms with Crippen molar-refractivity contribution in [1.82, 2.24) is 10.2 Å². The van der Waals surface area contributed by atoms with Crippen LogP contribution in [0.4, 0.5) is 4.79 Å². The molecule has 1 atom stereocenters. The Morgan fingerprint density at radius 3 is 2.30 bits per heavy atom. The summed E-state index contributed by atoms with van der Waals surface area (Å²) in [7, 11) is 0. The van der Waals surface area contributed by atoms with Crippen molar-refractivity contribution in [3.05, 3.63) is 82.7 Å². The van der Waals surface area contributed by atoms with Gasteiger partial charge in [-0.15, -0.1) is 11.3 Å². The molecule has 0 unspecified atom stereocenters. The second-order valence-electron chi connectivity index (χ2n) is 11.3. The Bertz CT molecular complexity index is 1590. The van der Waals surface area contributed by atoms with E-state index in [0.717, 1.165) is 45.2 Å². The first kappa shape index (κ1) is 27.4. The summed E-state index contributed by atoms with van der Waals surface area (Å²) < 4.78 is 6.45. The molecule has 1 N–H and O–H groups in total. The van der Waals surface area contributed by atoms with E-state index in [2.05, 4.69) is 54.7 Å². The van der Waals surface area contributed by atoms with Crippen LogP contribution in [0.5, 0.6) is 0 Å². The lowest BCUT2D eigenvalue weighted by Gasteiger charge is -2.33. The van der Waals surface area contributed by atoms with Crippen molar-refractivity contribution < 1.29 is 14.3 Å². The Hall–Kier alpha value is -4.15. The van der Waals surface area contributed by atoms with Crippen molar-refractivity contribution in [3.8, 4) is 28.3 Å². The van der Waals surface area contributed by atoms with E-state index < -0.39 is 11.7 Å². The monoisotopic (exact) mass is 551 g/mol. The highest BCUT2D eigenvalue weighted by atomic mass is 32.1. The van der Waals surface area contributed by atoms with Gasteiger partial charge in [0.1, 0.15) is 5.60 Å². The Kier molecular flexibility index (Phi) is 7.64. The maximum absolute atomic E-state index is 13.6. The number of fused-ring (bicyclic) bond motifs is 1. The summed E-state index contributed by atoms with van der Waals surface area (Å²) in [5.74, 6) is -0.0197. The fourth-order valence-corrected chi connectivity index (χ4v) is 6.09. The van der Waals surface area contributed by atoms with E-state index in [0.29, 0.717) is 23.5 Å². The molecule has 4 aromatic rings. The lowest BCUT2D eigenvalue weighted by molar-refractivity contribution is 0.0453. The summed E-state index contributed by atoms with van der Waals surface area (Å²) >= 11 is 1.50. The van der Waals surface area contributed by atoms with Crippen molar-refractivity contribution in [3.63, 3.8) is 0 Å². The minimum Gasteiger partial charge on any atom is -0.444 e. The molecule has 1 saturated heterocycles. The predicted molar refractivity (Wildman–Crippen MR) is 160 cm³/mol. The number of nitrogens with zero attached hydrogens (tertiary/aromatic N) is 2. The molecule has 1 aliphatic rings. The van der Waals surface area contributed by atoms with Crippen LogP contribution < -0.4 is 5.32 Å². The van der Waals surface area contributed by atoms with Crippen molar-refractivity contribution in [2.24, 2.45) is 0 Å². The lowest BCUT2D eigenvalue weighted by Crippen LogP contribution is -2.50. The van der Waals surface area contributed by atoms with Crippen LogP contribution in [0.2, 0.25) is 0 Å². The summed E-state index contributed by atoms with van der Waals surface area (Å²) in [5.41, 5.74) is 5.48. The zero-order chi connectivity index (χ0) is 28.4. The second-order valence-corrected chi connectivity index (χ2v) is 12.4. The lowest BCUT2D eigenvalue weighted by atomic mass is 9.92. The number of likely N-dealkylation sites (tertiary alicyclic amines) is 1. The molecular weight excluding hydrogens is 518 g/mol. The quantitative estimate of drug-likeness (QED) is 0.284. The topological polar surface area (TPSA) is 82.4 Å². The van der Waals surface area contributed by atoms with Gasteiger partial charge in [-0.1, -0.05) is 42.0 Å². The Labute approximate surface area is 239 Å². The SMILES string of the molecule is Cc1ccc(-c2cc3sc(C(=O)N4CCC[C@@H](NC(=O)OC(C)(C)C)C4)cc3cc2-c2ccc(C#N)cc2)cc1. The second kappa shape index (κ2) is 11.1. The average Bonchev–Trinajstić information content (AvgIpc) is 3.35. The van der Waals surface area contributed by atoms with Gasteiger partial charge < -0.3 is 15.0 Å². The number of rotatable bonds is 4. The van der Waals surface area contributed by atoms with Crippen molar-refractivity contribution >= 4 is 33.4 Å². The summed E-state index contributed by atoms with van der Waals surface area (Å²) in [6.07, 6.45) is 1.17. The number of carbonyl (C=O) groups is 2. The molecule has 2 amide bonds. The predicted octanol–water partition coefficient (Wildman–Crippen LogP) is 7.54. The van der Waals surface area contributed by atoms with E-state index in [1.807, 2.05) is 56.0 Å². The van der Waals surface area contributed by atoms with Gasteiger partial charge in [-0.2, -0.15) is 5.26 Å². The standard InChI is InChI=1S/C33H33N3O3S/c1-21-7-11-23(12-8-21)28-18-29-25(16-27(28)24-13-9-22(19-34)10-14-24)17-30(40-29)31(37)36-15-5-6-26(20-36)35-32(38)39-33(2,3)4/h7-14,16-18,26H,5-6,15,20H2,1-4H3,(H,35,38)/t26-/m1/s1. The van der Waals surface area contributed by atoms with Gasteiger partial charge in [0.05, 0.1) is 16.5 Å². The van der Waals surface area contributed by atoms with Crippen LogP contribution in [0.25, 0.3) is 32.3 Å². The summed E-state index contributed by atoms with van der Waals surface area (Å²) in [4.78, 5) is 28.4. The number of nitrogens with one attached hydrogen (secondary N) is 1. The van der Waals surface area contributed by atoms with Gasteiger partial charge in [-0.25, -0.2) is 4.79 Å². The molecule has 7 heteroatoms. The average molecular weight is 552 g/mol. The molecule has 0 aliphatic carbocycles. The number of thiophene rings is 1. The molecule has 204 valence electrons. The zero-order valence-corrected chi connectivity index (χ0v) is 24.1. The zero-order valence-electron chi connectivity index (χ0n) is 23.3. The van der Waals surface area contributed by atoms with Crippen molar-refractivity contribution in [2.45, 2.75) is 52.2 Å². The fraction of sp³-hybridized carbons (Fsp3) is 0.303. The third-order valence-corrected chi connectivity index (χ3v) is 8.07. The van der Waals surface area contributed by atoms with Gasteiger partial charge in [-0.3, -0.25) is 4.79 Å². The van der Waals surface area contributed by atoms with Crippen LogP contribution in [0, 0.1) is 18.3 Å². The number of benzene rings is 3. The van der Waals surface area contributed by atoms with E-state index in [-0.39, 0.29) is 11.9 Å². The molecule has 1 fully saturated rings. The molecule has 1 aliphatic heterocycles. The summed E-state index contributed by atoms with van der Waals surface area (Å²) in [5, 5.41) is 13.2. The van der Waals surface area contributed by atoms with Gasteiger partial charge in [0.25, 0.3) is 5.91 Å². The molecule has 3 aromatic carbocycles. The first-order valence-corrected chi connectivity index (χ1v) is 14.4. The Morgan fingerprint density at radius 2 is 1.65 bits per heavy atom. The van der Waals surface area contributed by atoms with Gasteiger partial charge in [-0.05, 0) is 98.5 Å². The first-order valence-electron chi connectivity index (χ1n) is 13.5. The maximum Gasteiger partial charge on any atom is 0.407 e. The minimum atomic E-state index is -0.570. The summed E-state index contributed by atoms with van der Waals surface area (Å²) in [6, 6.07) is 24.4. The maximum atomic E-state index is 13.6. The van der Waals surface area contributed by atoms with Crippen LogP contribution in [0.3, 0.4) is 0 Å². The summed E-state index contributed by atoms with van der Waals surface area (Å²) in [6.45, 7) is 8.69. The number of amides is 2. The molecule has 0 saturated carbocycles. The van der Waals surface area contributed by atoms with E-state index in [9.17, 15) is 14.9 Å². The van der Waals surface area contributed by atoms with Gasteiger partial charge in [0.15, 0.2) is 0 Å². The van der Waals surface area contributed by atoms with Crippen LogP contribution in [0.15, 0.2) is 66.7 Å². The molecule has 0 bridgehead atoms. The van der Waals surface area contributed by atoms with E-state index in [4.69, 9.17) is 4.74 Å². The molecule has 0 spiro atoms. The Morgan fingerprint density at radius 1 is 1.00 bits per heavy atom. The third-order valence-electron chi connectivity index (χ3n) is 6.98. The highest BCUT2D eigenvalue weighted by Gasteiger charge is 2.28. The largest absolute Gasteiger partial charge is 0.444 e. The van der Waals surface area contributed by atoms with Crippen LogP contribution >= 0.6 is 11.3 Å². The molecule has 0 radical (unpaired) electrons. The number of hydrogen-bond donors (Lipinski definition) is 1. The molecule has 1 aromatic heterocycles. The molecular formula is C33H33N3O3S. The van der Waals surface area contributed by atoms with E-state index in [1.165, 1.54) is 16.9 Å². The third kappa shape index (κ3) is 6.19. The Balaban J connectivity index is 1.45. The first-order chi connectivity index (χ1) is 19.1. The minimum absolute atomic E-state index is 0.0197. The molecule has 5 rings (SSSR count). The van der Waals surface area contributed by atoms with E-state index in [1.54, 1.807) is 0 Å². The van der Waals surface area contributed by atoms with Gasteiger partial charge in [0.2, 0.25) is 0 Å². The number of alkyl carbamates (subject to hydrolysis) is 1. The highest BCUT2D eigenvalue weighted by molar-refractivity contribution is 7.20. The number of piperidine rings is 1. The van der Waals surface area contributed by atoms with Gasteiger partial charge in [0, 0.05) is 23.8 Å². The normalized spacial score (nSPS) is 15.5. The van der Waals surface area contributed by atoms with Crippen LogP contribution in [-0.4, -0.2) is 41.6 Å². The molecule has 40 heavy (non-hydrogen) atoms. The number of nitriles is 1. The molecule has 2 heterocycles. The number of hydrogen-bond acceptors (Lipinski definition) is 5. The van der Waals surface area contributed by atoms with Gasteiger partial charge >= 0.3 is 6.09 Å². The van der Waals surface area contributed by atoms with Crippen molar-refractivity contribution in [2.75, 3.05) is 13.1 Å². The number of ether oxygens (including phenoxy) is 1. The molecule has 6 nitrogen and oxygen atoms in total. The smallest absolute Gasteiger partial charge is 0.407 e. The van der Waals surface area contributed by atoms with Crippen LogP contribution in [0.1, 0.15) is 54.4 Å². The van der Waals surface area contributed by atoms with E-state index >= 15 is 0 Å². The number of carbonyl (C=O) groups excluding carboxylic acids is 2. The van der Waals surface area contributed by atoms with Crippen LogP contribution in [-0.2, 0) is 4.74 Å². The van der Waals surface area contributed by atoms with Crippen molar-refractivity contribution in [1.29, 1.82) is 5.26 Å². The highest BCUT2D eigenvalue weighted by Crippen LogP contribution is 2.39.